The van der Waals surface area contributed by atoms with Crippen LogP contribution in [0, 0.1) is 16.0 Å². The molecule has 1 atom stereocenters. The smallest absolute Gasteiger partial charge is 0.269 e. The highest BCUT2D eigenvalue weighted by Gasteiger charge is 2.23. The van der Waals surface area contributed by atoms with Gasteiger partial charge in [-0.2, -0.15) is 0 Å². The molecule has 1 heterocycles. The monoisotopic (exact) mass is 339 g/mol. The molecular formula is C19H21N3O3. The first-order chi connectivity index (χ1) is 12.2. The number of hydrogen-bond acceptors (Lipinski definition) is 5. The molecule has 6 nitrogen and oxygen atoms in total. The third kappa shape index (κ3) is 4.22. The second kappa shape index (κ2) is 7.90. The number of benzene rings is 1. The average molecular weight is 339 g/mol. The van der Waals surface area contributed by atoms with Crippen molar-refractivity contribution in [1.82, 2.24) is 9.80 Å². The summed E-state index contributed by atoms with van der Waals surface area (Å²) in [7, 11) is 0. The molecule has 2 aliphatic rings. The summed E-state index contributed by atoms with van der Waals surface area (Å²) in [5.41, 5.74) is 2.12. The van der Waals surface area contributed by atoms with E-state index in [1.165, 1.54) is 6.07 Å². The second-order valence-electron chi connectivity index (χ2n) is 6.21. The molecular weight excluding hydrogens is 318 g/mol. The SMILES string of the molecule is O=CC1C=CC=CC=C1N1CCN(Cc2cccc([N+](=O)[O-])c2)CC1. The molecule has 0 amide bonds. The predicted molar refractivity (Wildman–Crippen MR) is 95.9 cm³/mol. The highest BCUT2D eigenvalue weighted by atomic mass is 16.6. The maximum atomic E-state index is 11.3. The Balaban J connectivity index is 1.60. The van der Waals surface area contributed by atoms with Crippen LogP contribution in [0.1, 0.15) is 5.56 Å². The van der Waals surface area contributed by atoms with Crippen molar-refractivity contribution in [3.8, 4) is 0 Å². The van der Waals surface area contributed by atoms with Crippen LogP contribution in [0.4, 0.5) is 5.69 Å². The molecule has 1 aromatic carbocycles. The summed E-state index contributed by atoms with van der Waals surface area (Å²) in [6, 6.07) is 6.80. The van der Waals surface area contributed by atoms with E-state index in [-0.39, 0.29) is 16.5 Å². The van der Waals surface area contributed by atoms with Gasteiger partial charge in [0.05, 0.1) is 10.8 Å². The van der Waals surface area contributed by atoms with Crippen LogP contribution in [-0.4, -0.2) is 47.2 Å². The highest BCUT2D eigenvalue weighted by Crippen LogP contribution is 2.21. The van der Waals surface area contributed by atoms with Gasteiger partial charge in [-0.25, -0.2) is 0 Å². The fraction of sp³-hybridized carbons (Fsp3) is 0.316. The van der Waals surface area contributed by atoms with Crippen molar-refractivity contribution >= 4 is 12.0 Å². The first-order valence-electron chi connectivity index (χ1n) is 8.38. The molecule has 0 saturated carbocycles. The van der Waals surface area contributed by atoms with Gasteiger partial charge in [-0.1, -0.05) is 36.4 Å². The van der Waals surface area contributed by atoms with Gasteiger partial charge in [0.15, 0.2) is 0 Å². The van der Waals surface area contributed by atoms with Crippen LogP contribution in [-0.2, 0) is 11.3 Å². The second-order valence-corrected chi connectivity index (χ2v) is 6.21. The molecule has 1 fully saturated rings. The zero-order chi connectivity index (χ0) is 17.6. The zero-order valence-electron chi connectivity index (χ0n) is 14.0. The molecule has 0 N–H and O–H groups in total. The number of hydrogen-bond donors (Lipinski definition) is 0. The minimum absolute atomic E-state index is 0.132. The quantitative estimate of drug-likeness (QED) is 0.468. The third-order valence-corrected chi connectivity index (χ3v) is 4.56. The summed E-state index contributed by atoms with van der Waals surface area (Å²) < 4.78 is 0. The van der Waals surface area contributed by atoms with Crippen LogP contribution < -0.4 is 0 Å². The Morgan fingerprint density at radius 2 is 1.96 bits per heavy atom. The van der Waals surface area contributed by atoms with Crippen molar-refractivity contribution in [1.29, 1.82) is 0 Å². The summed E-state index contributed by atoms with van der Waals surface area (Å²) >= 11 is 0. The van der Waals surface area contributed by atoms with Gasteiger partial charge in [0.2, 0.25) is 0 Å². The van der Waals surface area contributed by atoms with Crippen LogP contribution >= 0.6 is 0 Å². The average Bonchev–Trinajstić information content (AvgIpc) is 2.88. The van der Waals surface area contributed by atoms with Gasteiger partial charge >= 0.3 is 0 Å². The molecule has 1 saturated heterocycles. The standard InChI is InChI=1S/C19H21N3O3/c23-15-17-6-2-1-3-8-19(17)21-11-9-20(10-12-21)14-16-5-4-7-18(13-16)22(24)25/h1-8,13,15,17H,9-12,14H2. The van der Waals surface area contributed by atoms with Crippen molar-refractivity contribution in [3.63, 3.8) is 0 Å². The normalized spacial score (nSPS) is 20.9. The van der Waals surface area contributed by atoms with Crippen LogP contribution in [0.5, 0.6) is 0 Å². The predicted octanol–water partition coefficient (Wildman–Crippen LogP) is 2.54. The Morgan fingerprint density at radius 1 is 1.16 bits per heavy atom. The minimum atomic E-state index is -0.361. The zero-order valence-corrected chi connectivity index (χ0v) is 14.0. The van der Waals surface area contributed by atoms with Crippen LogP contribution in [0.2, 0.25) is 0 Å². The minimum Gasteiger partial charge on any atom is -0.371 e. The molecule has 1 unspecified atom stereocenters. The number of nitrogens with zero attached hydrogens (tertiary/aromatic N) is 3. The van der Waals surface area contributed by atoms with Gasteiger partial charge in [0.25, 0.3) is 5.69 Å². The Labute approximate surface area is 146 Å². The lowest BCUT2D eigenvalue weighted by Gasteiger charge is -2.38. The van der Waals surface area contributed by atoms with E-state index in [0.717, 1.165) is 43.7 Å². The molecule has 0 radical (unpaired) electrons. The summed E-state index contributed by atoms with van der Waals surface area (Å²) in [5, 5.41) is 10.9. The molecule has 25 heavy (non-hydrogen) atoms. The Hall–Kier alpha value is -2.73. The van der Waals surface area contributed by atoms with Crippen LogP contribution in [0.25, 0.3) is 0 Å². The maximum Gasteiger partial charge on any atom is 0.269 e. The van der Waals surface area contributed by atoms with E-state index < -0.39 is 0 Å². The highest BCUT2D eigenvalue weighted by molar-refractivity contribution is 5.62. The fourth-order valence-corrected chi connectivity index (χ4v) is 3.23. The molecule has 6 heteroatoms. The van der Waals surface area contributed by atoms with Gasteiger partial charge < -0.3 is 9.69 Å². The molecule has 130 valence electrons. The Bertz CT molecular complexity index is 731. The number of nitro benzene ring substituents is 1. The molecule has 0 spiro atoms. The lowest BCUT2D eigenvalue weighted by atomic mass is 10.0. The van der Waals surface area contributed by atoms with E-state index in [2.05, 4.69) is 9.80 Å². The number of allylic oxidation sites excluding steroid dienone is 5. The van der Waals surface area contributed by atoms with Crippen molar-refractivity contribution in [2.24, 2.45) is 5.92 Å². The van der Waals surface area contributed by atoms with Gasteiger partial charge in [-0.3, -0.25) is 15.0 Å². The molecule has 1 aliphatic heterocycles. The summed E-state index contributed by atoms with van der Waals surface area (Å²) in [6.45, 7) is 4.10. The molecule has 0 bridgehead atoms. The largest absolute Gasteiger partial charge is 0.371 e. The van der Waals surface area contributed by atoms with Crippen molar-refractivity contribution in [2.75, 3.05) is 26.2 Å². The molecule has 1 aliphatic carbocycles. The van der Waals surface area contributed by atoms with E-state index in [4.69, 9.17) is 0 Å². The maximum absolute atomic E-state index is 11.3. The van der Waals surface area contributed by atoms with E-state index in [0.29, 0.717) is 6.54 Å². The van der Waals surface area contributed by atoms with Gasteiger partial charge in [0, 0.05) is 50.6 Å². The van der Waals surface area contributed by atoms with E-state index in [1.807, 2.05) is 36.4 Å². The van der Waals surface area contributed by atoms with Gasteiger partial charge in [-0.05, 0) is 11.6 Å². The lowest BCUT2D eigenvalue weighted by molar-refractivity contribution is -0.384. The lowest BCUT2D eigenvalue weighted by Crippen LogP contribution is -2.46. The number of carbonyl (C=O) groups is 1. The van der Waals surface area contributed by atoms with Crippen LogP contribution in [0.15, 0.2) is 60.3 Å². The first-order valence-corrected chi connectivity index (χ1v) is 8.38. The Morgan fingerprint density at radius 3 is 2.68 bits per heavy atom. The molecule has 1 aromatic rings. The van der Waals surface area contributed by atoms with Crippen molar-refractivity contribution < 1.29 is 9.72 Å². The topological polar surface area (TPSA) is 66.7 Å². The molecule has 3 rings (SSSR count). The third-order valence-electron chi connectivity index (χ3n) is 4.56. The van der Waals surface area contributed by atoms with Gasteiger partial charge in [-0.15, -0.1) is 0 Å². The first kappa shape index (κ1) is 17.1. The van der Waals surface area contributed by atoms with E-state index in [1.54, 1.807) is 12.1 Å². The summed E-state index contributed by atoms with van der Waals surface area (Å²) in [5.74, 6) is -0.196. The van der Waals surface area contributed by atoms with Crippen LogP contribution in [0.3, 0.4) is 0 Å². The molecule has 0 aromatic heterocycles. The number of carbonyl (C=O) groups excluding carboxylic acids is 1. The van der Waals surface area contributed by atoms with Gasteiger partial charge in [0.1, 0.15) is 6.29 Å². The van der Waals surface area contributed by atoms with E-state index in [9.17, 15) is 14.9 Å². The van der Waals surface area contributed by atoms with Crippen molar-refractivity contribution in [2.45, 2.75) is 6.54 Å². The summed E-state index contributed by atoms with van der Waals surface area (Å²) in [6.07, 6.45) is 10.7. The fourth-order valence-electron chi connectivity index (χ4n) is 3.23. The van der Waals surface area contributed by atoms with E-state index >= 15 is 0 Å². The number of rotatable bonds is 5. The number of aldehydes is 1. The number of non-ortho nitro benzene ring substituents is 1. The van der Waals surface area contributed by atoms with Crippen molar-refractivity contribution in [3.05, 3.63) is 76.0 Å². The Kier molecular flexibility index (Phi) is 5.40. The summed E-state index contributed by atoms with van der Waals surface area (Å²) in [4.78, 5) is 26.4. The number of piperazine rings is 1. The number of nitro groups is 1.